The van der Waals surface area contributed by atoms with E-state index < -0.39 is 0 Å². The van der Waals surface area contributed by atoms with E-state index in [1.54, 1.807) is 38.5 Å². The van der Waals surface area contributed by atoms with Gasteiger partial charge < -0.3 is 19.5 Å². The molecule has 3 aromatic rings. The predicted molar refractivity (Wildman–Crippen MR) is 102 cm³/mol. The van der Waals surface area contributed by atoms with Gasteiger partial charge in [0.05, 0.1) is 27.0 Å². The second kappa shape index (κ2) is 8.27. The highest BCUT2D eigenvalue weighted by Crippen LogP contribution is 2.34. The van der Waals surface area contributed by atoms with Crippen molar-refractivity contribution in [3.63, 3.8) is 0 Å². The van der Waals surface area contributed by atoms with Gasteiger partial charge >= 0.3 is 0 Å². The van der Waals surface area contributed by atoms with Crippen LogP contribution in [0.3, 0.4) is 0 Å². The average molecular weight is 367 g/mol. The lowest BCUT2D eigenvalue weighted by Gasteiger charge is -2.12. The molecule has 0 radical (unpaired) electrons. The van der Waals surface area contributed by atoms with Gasteiger partial charge in [0.25, 0.3) is 5.91 Å². The number of benzene rings is 2. The molecule has 0 aliphatic heterocycles. The van der Waals surface area contributed by atoms with Gasteiger partial charge in [0.2, 0.25) is 0 Å². The van der Waals surface area contributed by atoms with Gasteiger partial charge in [0.1, 0.15) is 5.75 Å². The van der Waals surface area contributed by atoms with E-state index in [-0.39, 0.29) is 5.91 Å². The van der Waals surface area contributed by atoms with E-state index in [1.165, 1.54) is 7.11 Å². The molecule has 7 nitrogen and oxygen atoms in total. The zero-order valence-electron chi connectivity index (χ0n) is 15.4. The van der Waals surface area contributed by atoms with Crippen molar-refractivity contribution in [3.05, 3.63) is 65.5 Å². The Morgan fingerprint density at radius 2 is 1.81 bits per heavy atom. The maximum atomic E-state index is 12.5. The van der Waals surface area contributed by atoms with Crippen molar-refractivity contribution in [3.8, 4) is 17.2 Å². The Morgan fingerprint density at radius 3 is 2.48 bits per heavy atom. The fraction of sp³-hybridized carbons (Fsp3) is 0.200. The fourth-order valence-electron chi connectivity index (χ4n) is 2.70. The molecule has 0 bridgehead atoms. The van der Waals surface area contributed by atoms with E-state index in [9.17, 15) is 4.79 Å². The Balaban J connectivity index is 1.71. The van der Waals surface area contributed by atoms with Gasteiger partial charge in [-0.05, 0) is 35.9 Å². The predicted octanol–water partition coefficient (Wildman–Crippen LogP) is 3.28. The van der Waals surface area contributed by atoms with E-state index in [1.807, 2.05) is 24.3 Å². The fourth-order valence-corrected chi connectivity index (χ4v) is 2.70. The van der Waals surface area contributed by atoms with Crippen molar-refractivity contribution < 1.29 is 19.0 Å². The number of amides is 1. The summed E-state index contributed by atoms with van der Waals surface area (Å²) in [6.07, 6.45) is 0.632. The molecule has 7 heteroatoms. The van der Waals surface area contributed by atoms with Gasteiger partial charge in [-0.3, -0.25) is 9.89 Å². The number of H-pyrrole nitrogens is 1. The number of rotatable bonds is 7. The molecule has 0 fully saturated rings. The van der Waals surface area contributed by atoms with Crippen LogP contribution >= 0.6 is 0 Å². The molecule has 140 valence electrons. The minimum Gasteiger partial charge on any atom is -0.497 e. The van der Waals surface area contributed by atoms with Crippen molar-refractivity contribution in [1.82, 2.24) is 10.2 Å². The third-order valence-corrected chi connectivity index (χ3v) is 4.07. The molecular formula is C20H21N3O4. The largest absolute Gasteiger partial charge is 0.497 e. The van der Waals surface area contributed by atoms with Crippen molar-refractivity contribution in [2.24, 2.45) is 0 Å². The van der Waals surface area contributed by atoms with Crippen LogP contribution in [0.4, 0.5) is 5.69 Å². The van der Waals surface area contributed by atoms with Gasteiger partial charge in [0, 0.05) is 12.1 Å². The van der Waals surface area contributed by atoms with Gasteiger partial charge in [0.15, 0.2) is 17.2 Å². The van der Waals surface area contributed by atoms with Crippen LogP contribution in [-0.2, 0) is 6.42 Å². The first-order chi connectivity index (χ1) is 13.1. The second-order valence-electron chi connectivity index (χ2n) is 5.80. The van der Waals surface area contributed by atoms with E-state index in [0.717, 1.165) is 17.0 Å². The number of nitrogens with zero attached hydrogens (tertiary/aromatic N) is 1. The number of anilines is 1. The van der Waals surface area contributed by atoms with Crippen molar-refractivity contribution in [2.75, 3.05) is 26.6 Å². The third-order valence-electron chi connectivity index (χ3n) is 4.07. The standard InChI is InChI=1S/C20H21N3O4/c1-25-15-9-7-13(8-10-15)11-14-12-17(23-22-14)20(24)21-16-5-4-6-18(26-2)19(16)27-3/h4-10,12H,11H2,1-3H3,(H,21,24)(H,22,23). The number of methoxy groups -OCH3 is 3. The second-order valence-corrected chi connectivity index (χ2v) is 5.80. The van der Waals surface area contributed by atoms with Crippen LogP contribution in [0, 0.1) is 0 Å². The van der Waals surface area contributed by atoms with Crippen LogP contribution in [0.25, 0.3) is 0 Å². The monoisotopic (exact) mass is 367 g/mol. The Kier molecular flexibility index (Phi) is 5.61. The zero-order chi connectivity index (χ0) is 19.2. The number of para-hydroxylation sites is 1. The summed E-state index contributed by atoms with van der Waals surface area (Å²) in [5, 5.41) is 9.81. The van der Waals surface area contributed by atoms with Gasteiger partial charge in [-0.15, -0.1) is 0 Å². The van der Waals surface area contributed by atoms with Crippen LogP contribution in [0.15, 0.2) is 48.5 Å². The number of aromatic nitrogens is 2. The Labute approximate surface area is 157 Å². The molecular weight excluding hydrogens is 346 g/mol. The molecule has 0 spiro atoms. The molecule has 2 N–H and O–H groups in total. The number of carbonyl (C=O) groups is 1. The maximum absolute atomic E-state index is 12.5. The molecule has 0 saturated heterocycles. The summed E-state index contributed by atoms with van der Waals surface area (Å²) >= 11 is 0. The van der Waals surface area contributed by atoms with Crippen LogP contribution in [-0.4, -0.2) is 37.4 Å². The molecule has 1 aromatic heterocycles. The smallest absolute Gasteiger partial charge is 0.276 e. The SMILES string of the molecule is COc1ccc(Cc2cc(C(=O)Nc3cccc(OC)c3OC)n[nH]2)cc1. The van der Waals surface area contributed by atoms with Gasteiger partial charge in [-0.1, -0.05) is 18.2 Å². The number of aromatic amines is 1. The van der Waals surface area contributed by atoms with E-state index in [0.29, 0.717) is 29.3 Å². The van der Waals surface area contributed by atoms with E-state index in [2.05, 4.69) is 15.5 Å². The Bertz CT molecular complexity index is 919. The summed E-state index contributed by atoms with van der Waals surface area (Å²) in [5.74, 6) is 1.47. The highest BCUT2D eigenvalue weighted by Gasteiger charge is 2.15. The summed E-state index contributed by atoms with van der Waals surface area (Å²) in [4.78, 5) is 12.5. The molecule has 0 saturated carbocycles. The lowest BCUT2D eigenvalue weighted by Crippen LogP contribution is -2.13. The summed E-state index contributed by atoms with van der Waals surface area (Å²) in [6, 6.07) is 14.7. The molecule has 0 aliphatic rings. The number of hydrogen-bond acceptors (Lipinski definition) is 5. The Morgan fingerprint density at radius 1 is 1.04 bits per heavy atom. The summed E-state index contributed by atoms with van der Waals surface area (Å²) < 4.78 is 15.7. The number of nitrogens with one attached hydrogen (secondary N) is 2. The van der Waals surface area contributed by atoms with E-state index in [4.69, 9.17) is 14.2 Å². The highest BCUT2D eigenvalue weighted by molar-refractivity contribution is 6.04. The van der Waals surface area contributed by atoms with Crippen LogP contribution in [0.5, 0.6) is 17.2 Å². The average Bonchev–Trinajstić information content (AvgIpc) is 3.17. The minimum atomic E-state index is -0.334. The number of carbonyl (C=O) groups excluding carboxylic acids is 1. The number of hydrogen-bond donors (Lipinski definition) is 2. The molecule has 0 aliphatic carbocycles. The van der Waals surface area contributed by atoms with Crippen LogP contribution in [0.1, 0.15) is 21.7 Å². The van der Waals surface area contributed by atoms with Gasteiger partial charge in [-0.2, -0.15) is 5.10 Å². The summed E-state index contributed by atoms with van der Waals surface area (Å²) in [6.45, 7) is 0. The molecule has 1 heterocycles. The summed E-state index contributed by atoms with van der Waals surface area (Å²) in [7, 11) is 4.70. The van der Waals surface area contributed by atoms with Crippen molar-refractivity contribution in [2.45, 2.75) is 6.42 Å². The Hall–Kier alpha value is -3.48. The van der Waals surface area contributed by atoms with E-state index >= 15 is 0 Å². The van der Waals surface area contributed by atoms with Gasteiger partial charge in [-0.25, -0.2) is 0 Å². The first kappa shape index (κ1) is 18.3. The molecule has 27 heavy (non-hydrogen) atoms. The highest BCUT2D eigenvalue weighted by atomic mass is 16.5. The molecule has 1 amide bonds. The van der Waals surface area contributed by atoms with Crippen molar-refractivity contribution >= 4 is 11.6 Å². The first-order valence-corrected chi connectivity index (χ1v) is 8.34. The number of ether oxygens (including phenoxy) is 3. The quantitative estimate of drug-likeness (QED) is 0.669. The molecule has 0 unspecified atom stereocenters. The first-order valence-electron chi connectivity index (χ1n) is 8.34. The van der Waals surface area contributed by atoms with Crippen LogP contribution in [0.2, 0.25) is 0 Å². The normalized spacial score (nSPS) is 10.3. The van der Waals surface area contributed by atoms with Crippen LogP contribution < -0.4 is 19.5 Å². The maximum Gasteiger partial charge on any atom is 0.276 e. The topological polar surface area (TPSA) is 85.5 Å². The third kappa shape index (κ3) is 4.20. The summed E-state index contributed by atoms with van der Waals surface area (Å²) in [5.41, 5.74) is 2.73. The zero-order valence-corrected chi connectivity index (χ0v) is 15.4. The molecule has 3 rings (SSSR count). The van der Waals surface area contributed by atoms with Crippen molar-refractivity contribution in [1.29, 1.82) is 0 Å². The lowest BCUT2D eigenvalue weighted by atomic mass is 10.1. The molecule has 2 aromatic carbocycles. The molecule has 0 atom stereocenters. The minimum absolute atomic E-state index is 0.295. The lowest BCUT2D eigenvalue weighted by molar-refractivity contribution is 0.102.